The van der Waals surface area contributed by atoms with Crippen molar-refractivity contribution in [1.29, 1.82) is 5.26 Å². The molecule has 1 unspecified atom stereocenters. The zero-order valence-electron chi connectivity index (χ0n) is 13.1. The van der Waals surface area contributed by atoms with E-state index in [1.807, 2.05) is 10.8 Å². The second kappa shape index (κ2) is 6.58. The number of benzene rings is 1. The lowest BCUT2D eigenvalue weighted by Gasteiger charge is -2.29. The highest BCUT2D eigenvalue weighted by molar-refractivity contribution is 5.42. The van der Waals surface area contributed by atoms with E-state index in [2.05, 4.69) is 50.0 Å². The smallest absolute Gasteiger partial charge is 0.100 e. The van der Waals surface area contributed by atoms with Crippen molar-refractivity contribution in [2.24, 2.45) is 0 Å². The second-order valence-electron chi connectivity index (χ2n) is 5.78. The van der Waals surface area contributed by atoms with Crippen molar-refractivity contribution in [3.8, 4) is 6.07 Å². The van der Waals surface area contributed by atoms with Crippen molar-refractivity contribution < 1.29 is 0 Å². The topological polar surface area (TPSA) is 41.6 Å². The molecule has 0 aliphatic carbocycles. The molecule has 1 aromatic heterocycles. The maximum absolute atomic E-state index is 9.99. The van der Waals surface area contributed by atoms with Crippen LogP contribution in [-0.2, 0) is 12.0 Å². The average molecular weight is 281 g/mol. The van der Waals surface area contributed by atoms with Crippen molar-refractivity contribution in [2.75, 3.05) is 0 Å². The number of rotatable bonds is 6. The summed E-state index contributed by atoms with van der Waals surface area (Å²) in [5, 5.41) is 9.99. The molecule has 3 heteroatoms. The van der Waals surface area contributed by atoms with Crippen LogP contribution in [0.15, 0.2) is 36.9 Å². The van der Waals surface area contributed by atoms with Gasteiger partial charge in [-0.25, -0.2) is 4.98 Å². The molecule has 0 amide bonds. The first-order valence-corrected chi connectivity index (χ1v) is 7.56. The molecular formula is C18H23N3. The van der Waals surface area contributed by atoms with Crippen LogP contribution < -0.4 is 0 Å². The predicted molar refractivity (Wildman–Crippen MR) is 85.0 cm³/mol. The van der Waals surface area contributed by atoms with Crippen LogP contribution in [0.1, 0.15) is 42.9 Å². The fourth-order valence-corrected chi connectivity index (χ4v) is 2.89. The first-order chi connectivity index (χ1) is 10.1. The Labute approximate surface area is 127 Å². The van der Waals surface area contributed by atoms with Crippen molar-refractivity contribution in [3.63, 3.8) is 0 Å². The summed E-state index contributed by atoms with van der Waals surface area (Å²) in [6.45, 7) is 7.06. The van der Waals surface area contributed by atoms with Crippen LogP contribution >= 0.6 is 0 Å². The van der Waals surface area contributed by atoms with Gasteiger partial charge in [0, 0.05) is 18.9 Å². The summed E-state index contributed by atoms with van der Waals surface area (Å²) in [5.74, 6) is 0. The normalized spacial score (nSPS) is 13.6. The lowest BCUT2D eigenvalue weighted by molar-refractivity contribution is 0.409. The zero-order valence-corrected chi connectivity index (χ0v) is 13.1. The molecule has 0 spiro atoms. The van der Waals surface area contributed by atoms with Gasteiger partial charge in [-0.15, -0.1) is 0 Å². The van der Waals surface area contributed by atoms with Crippen LogP contribution in [0.2, 0.25) is 0 Å². The van der Waals surface area contributed by atoms with E-state index >= 15 is 0 Å². The Morgan fingerprint density at radius 3 is 2.76 bits per heavy atom. The highest BCUT2D eigenvalue weighted by Crippen LogP contribution is 2.34. The minimum Gasteiger partial charge on any atom is -0.336 e. The lowest BCUT2D eigenvalue weighted by Crippen LogP contribution is -2.31. The highest BCUT2D eigenvalue weighted by Gasteiger charge is 2.33. The Hall–Kier alpha value is -2.08. The molecule has 2 rings (SSSR count). The van der Waals surface area contributed by atoms with Gasteiger partial charge in [-0.3, -0.25) is 0 Å². The number of hydrogen-bond acceptors (Lipinski definition) is 2. The number of aryl methyl sites for hydroxylation is 1. The Morgan fingerprint density at radius 1 is 1.33 bits per heavy atom. The summed E-state index contributed by atoms with van der Waals surface area (Å²) >= 11 is 0. The van der Waals surface area contributed by atoms with E-state index in [0.717, 1.165) is 24.8 Å². The molecule has 0 saturated heterocycles. The Kier molecular flexibility index (Phi) is 4.80. The average Bonchev–Trinajstić information content (AvgIpc) is 2.99. The van der Waals surface area contributed by atoms with Crippen LogP contribution in [0.3, 0.4) is 0 Å². The predicted octanol–water partition coefficient (Wildman–Crippen LogP) is 4.15. The van der Waals surface area contributed by atoms with Gasteiger partial charge < -0.3 is 4.57 Å². The molecule has 0 aliphatic rings. The number of hydrogen-bond donors (Lipinski definition) is 0. The van der Waals surface area contributed by atoms with Crippen LogP contribution in [0, 0.1) is 25.2 Å². The number of imidazole rings is 1. The van der Waals surface area contributed by atoms with Crippen LogP contribution in [0.25, 0.3) is 0 Å². The summed E-state index contributed by atoms with van der Waals surface area (Å²) in [6.07, 6.45) is 8.52. The molecular weight excluding hydrogens is 258 g/mol. The van der Waals surface area contributed by atoms with Crippen LogP contribution in [0.4, 0.5) is 0 Å². The molecule has 0 radical (unpaired) electrons. The Bertz CT molecular complexity index is 622. The van der Waals surface area contributed by atoms with E-state index in [0.29, 0.717) is 6.54 Å². The third-order valence-electron chi connectivity index (χ3n) is 4.30. The van der Waals surface area contributed by atoms with Crippen molar-refractivity contribution >= 4 is 0 Å². The Morgan fingerprint density at radius 2 is 2.14 bits per heavy atom. The molecule has 21 heavy (non-hydrogen) atoms. The van der Waals surface area contributed by atoms with Gasteiger partial charge in [-0.2, -0.15) is 5.26 Å². The zero-order chi connectivity index (χ0) is 15.3. The summed E-state index contributed by atoms with van der Waals surface area (Å²) in [5.41, 5.74) is 3.16. The largest absolute Gasteiger partial charge is 0.336 e. The maximum atomic E-state index is 9.99. The van der Waals surface area contributed by atoms with Crippen molar-refractivity contribution in [3.05, 3.63) is 53.6 Å². The maximum Gasteiger partial charge on any atom is 0.100 e. The van der Waals surface area contributed by atoms with E-state index < -0.39 is 5.41 Å². The fraction of sp³-hybridized carbons (Fsp3) is 0.444. The van der Waals surface area contributed by atoms with Gasteiger partial charge in [0.2, 0.25) is 0 Å². The molecule has 1 aromatic carbocycles. The fourth-order valence-electron chi connectivity index (χ4n) is 2.89. The monoisotopic (exact) mass is 281 g/mol. The second-order valence-corrected chi connectivity index (χ2v) is 5.78. The molecule has 3 nitrogen and oxygen atoms in total. The molecule has 1 heterocycles. The van der Waals surface area contributed by atoms with Gasteiger partial charge in [0.05, 0.1) is 12.4 Å². The molecule has 2 aromatic rings. The highest BCUT2D eigenvalue weighted by atomic mass is 15.0. The van der Waals surface area contributed by atoms with Crippen molar-refractivity contribution in [1.82, 2.24) is 9.55 Å². The first-order valence-electron chi connectivity index (χ1n) is 7.56. The molecule has 1 atom stereocenters. The van der Waals surface area contributed by atoms with E-state index in [1.54, 1.807) is 12.5 Å². The van der Waals surface area contributed by atoms with Crippen LogP contribution in [0.5, 0.6) is 0 Å². The van der Waals surface area contributed by atoms with Gasteiger partial charge in [-0.1, -0.05) is 38.0 Å². The first kappa shape index (κ1) is 15.3. The number of nitriles is 1. The minimum atomic E-state index is -0.479. The summed E-state index contributed by atoms with van der Waals surface area (Å²) in [6, 6.07) is 8.90. The third-order valence-corrected chi connectivity index (χ3v) is 4.30. The minimum absolute atomic E-state index is 0.479. The van der Waals surface area contributed by atoms with Gasteiger partial charge in [0.25, 0.3) is 0 Å². The standard InChI is InChI=1S/C18H23N3/c1-4-5-9-18(12-19,13-21-11-10-20-14-21)17-8-6-7-15(2)16(17)3/h6-8,10-11,14H,4-5,9,13H2,1-3H3. The summed E-state index contributed by atoms with van der Waals surface area (Å²) in [7, 11) is 0. The molecule has 0 N–H and O–H groups in total. The number of aromatic nitrogens is 2. The van der Waals surface area contributed by atoms with E-state index in [4.69, 9.17) is 0 Å². The molecule has 0 aliphatic heterocycles. The van der Waals surface area contributed by atoms with E-state index in [-0.39, 0.29) is 0 Å². The van der Waals surface area contributed by atoms with E-state index in [1.165, 1.54) is 11.1 Å². The number of nitrogens with zero attached hydrogens (tertiary/aromatic N) is 3. The van der Waals surface area contributed by atoms with Gasteiger partial charge >= 0.3 is 0 Å². The third kappa shape index (κ3) is 3.16. The summed E-state index contributed by atoms with van der Waals surface area (Å²) < 4.78 is 2.01. The SMILES string of the molecule is CCCCC(C#N)(Cn1ccnc1)c1cccc(C)c1C. The van der Waals surface area contributed by atoms with E-state index in [9.17, 15) is 5.26 Å². The van der Waals surface area contributed by atoms with Crippen LogP contribution in [-0.4, -0.2) is 9.55 Å². The van der Waals surface area contributed by atoms with Gasteiger partial charge in [0.15, 0.2) is 0 Å². The molecule has 0 saturated carbocycles. The molecule has 0 bridgehead atoms. The molecule has 110 valence electrons. The molecule has 0 fully saturated rings. The van der Waals surface area contributed by atoms with Crippen molar-refractivity contribution in [2.45, 2.75) is 52.0 Å². The summed E-state index contributed by atoms with van der Waals surface area (Å²) in [4.78, 5) is 4.11. The lowest BCUT2D eigenvalue weighted by atomic mass is 9.75. The van der Waals surface area contributed by atoms with Gasteiger partial charge in [-0.05, 0) is 37.0 Å². The van der Waals surface area contributed by atoms with Gasteiger partial charge in [0.1, 0.15) is 5.41 Å². The quantitative estimate of drug-likeness (QED) is 0.798. The Balaban J connectivity index is 2.48. The number of unbranched alkanes of at least 4 members (excludes halogenated alkanes) is 1.